The smallest absolute Gasteiger partial charge is 0.309 e. The van der Waals surface area contributed by atoms with Crippen molar-refractivity contribution in [2.24, 2.45) is 0 Å². The molecular weight excluding hydrogens is 222 g/mol. The lowest BCUT2D eigenvalue weighted by Crippen LogP contribution is -2.16. The quantitative estimate of drug-likeness (QED) is 0.800. The number of halogens is 2. The molecule has 0 saturated carbocycles. The molecule has 0 aliphatic carbocycles. The van der Waals surface area contributed by atoms with Crippen LogP contribution in [-0.4, -0.2) is 16.1 Å². The highest BCUT2D eigenvalue weighted by molar-refractivity contribution is 5.70. The normalized spacial score (nSPS) is 10.1. The van der Waals surface area contributed by atoms with Gasteiger partial charge in [0.1, 0.15) is 6.07 Å². The van der Waals surface area contributed by atoms with Crippen LogP contribution in [0.5, 0.6) is 0 Å². The summed E-state index contributed by atoms with van der Waals surface area (Å²) in [6.07, 6.45) is -3.68. The van der Waals surface area contributed by atoms with Crippen molar-refractivity contribution in [3.05, 3.63) is 33.2 Å². The number of carbonyl (C=O) groups is 1. The van der Waals surface area contributed by atoms with Crippen molar-refractivity contribution in [3.63, 3.8) is 0 Å². The van der Waals surface area contributed by atoms with Gasteiger partial charge in [-0.3, -0.25) is 9.59 Å². The lowest BCUT2D eigenvalue weighted by molar-refractivity contribution is -0.136. The van der Waals surface area contributed by atoms with E-state index in [2.05, 4.69) is 4.98 Å². The maximum Gasteiger partial charge on any atom is 0.309 e. The molecule has 7 heteroatoms. The van der Waals surface area contributed by atoms with Crippen molar-refractivity contribution < 1.29 is 18.7 Å². The van der Waals surface area contributed by atoms with E-state index in [-0.39, 0.29) is 5.69 Å². The first-order chi connectivity index (χ1) is 7.45. The number of carboxylic acid groups (broad SMARTS) is 1. The Balaban J connectivity index is 3.43. The van der Waals surface area contributed by atoms with Crippen LogP contribution in [0.25, 0.3) is 0 Å². The van der Waals surface area contributed by atoms with E-state index < -0.39 is 35.5 Å². The number of hydrogen-bond acceptors (Lipinski definition) is 3. The highest BCUT2D eigenvalue weighted by Crippen LogP contribution is 2.22. The zero-order chi connectivity index (χ0) is 12.3. The monoisotopic (exact) mass is 228 g/mol. The van der Waals surface area contributed by atoms with Crippen LogP contribution in [0.3, 0.4) is 0 Å². The SMILES string of the molecule is N#Cc1c(C(F)F)cc(=O)[nH]c1CC(=O)O. The topological polar surface area (TPSA) is 94.0 Å². The molecule has 0 amide bonds. The molecule has 5 nitrogen and oxygen atoms in total. The molecule has 16 heavy (non-hydrogen) atoms. The van der Waals surface area contributed by atoms with Gasteiger partial charge in [0.25, 0.3) is 6.43 Å². The number of pyridine rings is 1. The van der Waals surface area contributed by atoms with Crippen molar-refractivity contribution >= 4 is 5.97 Å². The van der Waals surface area contributed by atoms with Gasteiger partial charge in [-0.2, -0.15) is 5.26 Å². The van der Waals surface area contributed by atoms with Gasteiger partial charge in [-0.25, -0.2) is 8.78 Å². The lowest BCUT2D eigenvalue weighted by Gasteiger charge is -2.06. The molecule has 0 bridgehead atoms. The maximum absolute atomic E-state index is 12.5. The van der Waals surface area contributed by atoms with Crippen LogP contribution in [0.15, 0.2) is 10.9 Å². The molecule has 0 aliphatic heterocycles. The zero-order valence-electron chi connectivity index (χ0n) is 7.83. The average Bonchev–Trinajstić information content (AvgIpc) is 2.15. The molecule has 1 heterocycles. The first-order valence-corrected chi connectivity index (χ1v) is 4.12. The lowest BCUT2D eigenvalue weighted by atomic mass is 10.1. The van der Waals surface area contributed by atoms with Gasteiger partial charge < -0.3 is 10.1 Å². The fourth-order valence-corrected chi connectivity index (χ4v) is 1.22. The molecule has 1 rings (SSSR count). The minimum atomic E-state index is -3.00. The summed E-state index contributed by atoms with van der Waals surface area (Å²) in [5.74, 6) is -1.32. The molecule has 2 N–H and O–H groups in total. The number of H-pyrrole nitrogens is 1. The molecule has 0 saturated heterocycles. The van der Waals surface area contributed by atoms with Crippen LogP contribution in [0, 0.1) is 11.3 Å². The number of aromatic amines is 1. The molecule has 1 aromatic rings. The molecule has 0 aromatic carbocycles. The van der Waals surface area contributed by atoms with E-state index in [0.29, 0.717) is 6.07 Å². The number of alkyl halides is 2. The fraction of sp³-hybridized carbons (Fsp3) is 0.222. The summed E-state index contributed by atoms with van der Waals surface area (Å²) < 4.78 is 24.9. The van der Waals surface area contributed by atoms with E-state index in [1.165, 1.54) is 6.07 Å². The summed E-state index contributed by atoms with van der Waals surface area (Å²) in [7, 11) is 0. The highest BCUT2D eigenvalue weighted by Gasteiger charge is 2.19. The van der Waals surface area contributed by atoms with Gasteiger partial charge in [-0.05, 0) is 0 Å². The molecule has 0 unspecified atom stereocenters. The summed E-state index contributed by atoms with van der Waals surface area (Å²) in [5, 5.41) is 17.1. The third-order valence-electron chi connectivity index (χ3n) is 1.83. The number of nitriles is 1. The van der Waals surface area contributed by atoms with Crippen molar-refractivity contribution in [3.8, 4) is 6.07 Å². The second kappa shape index (κ2) is 4.53. The Hall–Kier alpha value is -2.23. The van der Waals surface area contributed by atoms with Crippen LogP contribution < -0.4 is 5.56 Å². The van der Waals surface area contributed by atoms with Crippen LogP contribution >= 0.6 is 0 Å². The number of carboxylic acids is 1. The van der Waals surface area contributed by atoms with E-state index >= 15 is 0 Å². The molecule has 0 spiro atoms. The van der Waals surface area contributed by atoms with Gasteiger partial charge in [0.15, 0.2) is 0 Å². The van der Waals surface area contributed by atoms with E-state index in [0.717, 1.165) is 0 Å². The Morgan fingerprint density at radius 2 is 2.25 bits per heavy atom. The van der Waals surface area contributed by atoms with Gasteiger partial charge in [0.2, 0.25) is 5.56 Å². The van der Waals surface area contributed by atoms with Gasteiger partial charge in [-0.15, -0.1) is 0 Å². The molecule has 0 aliphatic rings. The minimum Gasteiger partial charge on any atom is -0.481 e. The Morgan fingerprint density at radius 1 is 1.62 bits per heavy atom. The van der Waals surface area contributed by atoms with E-state index in [9.17, 15) is 18.4 Å². The second-order valence-corrected chi connectivity index (χ2v) is 2.93. The summed E-state index contributed by atoms with van der Waals surface area (Å²) in [6, 6.07) is 2.06. The van der Waals surface area contributed by atoms with Gasteiger partial charge in [0.05, 0.1) is 12.0 Å². The Kier molecular flexibility index (Phi) is 3.35. The Labute approximate surface area is 88.0 Å². The summed E-state index contributed by atoms with van der Waals surface area (Å²) >= 11 is 0. The van der Waals surface area contributed by atoms with E-state index in [4.69, 9.17) is 10.4 Å². The summed E-state index contributed by atoms with van der Waals surface area (Å²) in [6.45, 7) is 0. The standard InChI is InChI=1S/C9H6F2N2O3/c10-9(11)4-1-7(14)13-6(2-8(15)16)5(4)3-12/h1,9H,2H2,(H,13,14)(H,15,16). The highest BCUT2D eigenvalue weighted by atomic mass is 19.3. The molecule has 0 atom stereocenters. The summed E-state index contributed by atoms with van der Waals surface area (Å²) in [4.78, 5) is 23.4. The molecular formula is C9H6F2N2O3. The first-order valence-electron chi connectivity index (χ1n) is 4.12. The second-order valence-electron chi connectivity index (χ2n) is 2.93. The Bertz CT molecular complexity index is 516. The molecule has 0 radical (unpaired) electrons. The number of nitrogens with zero attached hydrogens (tertiary/aromatic N) is 1. The third kappa shape index (κ3) is 2.42. The van der Waals surface area contributed by atoms with Crippen LogP contribution in [-0.2, 0) is 11.2 Å². The first kappa shape index (κ1) is 11.8. The predicted octanol–water partition coefficient (Wildman–Crippen LogP) is 0.811. The van der Waals surface area contributed by atoms with Crippen LogP contribution in [0.1, 0.15) is 23.2 Å². The van der Waals surface area contributed by atoms with Gasteiger partial charge in [0, 0.05) is 17.3 Å². The zero-order valence-corrected chi connectivity index (χ0v) is 7.83. The van der Waals surface area contributed by atoms with Gasteiger partial charge in [-0.1, -0.05) is 0 Å². The third-order valence-corrected chi connectivity index (χ3v) is 1.83. The number of rotatable bonds is 3. The van der Waals surface area contributed by atoms with Crippen molar-refractivity contribution in [2.75, 3.05) is 0 Å². The molecule has 84 valence electrons. The molecule has 0 fully saturated rings. The van der Waals surface area contributed by atoms with E-state index in [1.807, 2.05) is 0 Å². The number of aromatic nitrogens is 1. The van der Waals surface area contributed by atoms with E-state index in [1.54, 1.807) is 0 Å². The van der Waals surface area contributed by atoms with Crippen molar-refractivity contribution in [2.45, 2.75) is 12.8 Å². The predicted molar refractivity (Wildman–Crippen MR) is 48.1 cm³/mol. The number of aliphatic carboxylic acids is 1. The molecule has 1 aromatic heterocycles. The maximum atomic E-state index is 12.5. The largest absolute Gasteiger partial charge is 0.481 e. The van der Waals surface area contributed by atoms with Crippen LogP contribution in [0.2, 0.25) is 0 Å². The van der Waals surface area contributed by atoms with Crippen molar-refractivity contribution in [1.82, 2.24) is 4.98 Å². The minimum absolute atomic E-state index is 0.308. The summed E-state index contributed by atoms with van der Waals surface area (Å²) in [5.41, 5.74) is -2.40. The number of nitrogens with one attached hydrogen (secondary N) is 1. The number of hydrogen-bond donors (Lipinski definition) is 2. The van der Waals surface area contributed by atoms with Gasteiger partial charge >= 0.3 is 5.97 Å². The Morgan fingerprint density at radius 3 is 2.69 bits per heavy atom. The van der Waals surface area contributed by atoms with Crippen LogP contribution in [0.4, 0.5) is 8.78 Å². The van der Waals surface area contributed by atoms with Crippen molar-refractivity contribution in [1.29, 1.82) is 5.26 Å². The fourth-order valence-electron chi connectivity index (χ4n) is 1.22. The average molecular weight is 228 g/mol.